The van der Waals surface area contributed by atoms with E-state index in [0.717, 1.165) is 0 Å². The Balaban J connectivity index is 1.75. The highest BCUT2D eigenvalue weighted by molar-refractivity contribution is 9.10. The Morgan fingerprint density at radius 3 is 2.68 bits per heavy atom. The lowest BCUT2D eigenvalue weighted by molar-refractivity contribution is -0.235. The first-order valence-corrected chi connectivity index (χ1v) is 10.6. The van der Waals surface area contributed by atoms with Crippen molar-refractivity contribution in [1.29, 1.82) is 0 Å². The van der Waals surface area contributed by atoms with Gasteiger partial charge in [-0.25, -0.2) is 14.8 Å². The molecule has 164 valence electrons. The average Bonchev–Trinajstić information content (AvgIpc) is 3.06. The SMILES string of the molecule is O=C(O)N1CC(c2nc(Br)c3c(Cl)nccn23)CCC1(Cc1ccccc1)C(F)(F)F. The molecule has 11 heteroatoms. The van der Waals surface area contributed by atoms with Gasteiger partial charge >= 0.3 is 12.3 Å². The number of nitrogens with zero attached hydrogens (tertiary/aromatic N) is 4. The molecule has 3 heterocycles. The summed E-state index contributed by atoms with van der Waals surface area (Å²) in [6, 6.07) is 8.14. The van der Waals surface area contributed by atoms with Crippen molar-refractivity contribution in [1.82, 2.24) is 19.3 Å². The zero-order chi connectivity index (χ0) is 22.4. The number of imidazole rings is 1. The molecule has 4 rings (SSSR count). The van der Waals surface area contributed by atoms with E-state index in [1.165, 1.54) is 6.20 Å². The predicted molar refractivity (Wildman–Crippen MR) is 111 cm³/mol. The molecule has 1 fully saturated rings. The lowest BCUT2D eigenvalue weighted by atomic mass is 9.77. The van der Waals surface area contributed by atoms with E-state index in [4.69, 9.17) is 11.6 Å². The van der Waals surface area contributed by atoms with Gasteiger partial charge in [0.15, 0.2) is 5.15 Å². The zero-order valence-corrected chi connectivity index (χ0v) is 18.3. The van der Waals surface area contributed by atoms with Crippen LogP contribution in [-0.4, -0.2) is 48.7 Å². The number of likely N-dealkylation sites (tertiary alicyclic amines) is 1. The minimum absolute atomic E-state index is 0.113. The Kier molecular flexibility index (Phi) is 5.63. The molecule has 1 aliphatic heterocycles. The summed E-state index contributed by atoms with van der Waals surface area (Å²) in [6.07, 6.45) is -4.00. The summed E-state index contributed by atoms with van der Waals surface area (Å²) in [4.78, 5) is 21.0. The molecule has 0 spiro atoms. The molecular weight excluding hydrogens is 501 g/mol. The van der Waals surface area contributed by atoms with Gasteiger partial charge in [0.1, 0.15) is 21.5 Å². The van der Waals surface area contributed by atoms with Crippen molar-refractivity contribution >= 4 is 39.1 Å². The number of amides is 1. The Morgan fingerprint density at radius 1 is 1.32 bits per heavy atom. The maximum absolute atomic E-state index is 14.4. The number of carboxylic acid groups (broad SMARTS) is 1. The van der Waals surface area contributed by atoms with Gasteiger partial charge in [-0.05, 0) is 34.3 Å². The van der Waals surface area contributed by atoms with Crippen LogP contribution in [0.15, 0.2) is 47.3 Å². The molecule has 0 aliphatic carbocycles. The van der Waals surface area contributed by atoms with E-state index in [1.54, 1.807) is 40.9 Å². The van der Waals surface area contributed by atoms with Gasteiger partial charge in [0.05, 0.1) is 0 Å². The Labute approximate surface area is 188 Å². The van der Waals surface area contributed by atoms with E-state index in [-0.39, 0.29) is 24.5 Å². The van der Waals surface area contributed by atoms with Crippen LogP contribution in [0, 0.1) is 0 Å². The van der Waals surface area contributed by atoms with Crippen molar-refractivity contribution in [3.63, 3.8) is 0 Å². The third-order valence-electron chi connectivity index (χ3n) is 5.78. The van der Waals surface area contributed by atoms with Crippen molar-refractivity contribution < 1.29 is 23.1 Å². The standard InChI is InChI=1S/C20H17BrClF3N4O2/c21-15-14-16(22)26-8-9-28(14)17(27-15)13-6-7-19(20(23,24)25,29(11-13)18(30)31)10-12-4-2-1-3-5-12/h1-5,8-9,13H,6-7,10-11H2,(H,30,31). The summed E-state index contributed by atoms with van der Waals surface area (Å²) in [7, 11) is 0. The molecule has 6 nitrogen and oxygen atoms in total. The highest BCUT2D eigenvalue weighted by atomic mass is 79.9. The highest BCUT2D eigenvalue weighted by Gasteiger charge is 2.62. The van der Waals surface area contributed by atoms with Gasteiger partial charge in [-0.3, -0.25) is 9.30 Å². The predicted octanol–water partition coefficient (Wildman–Crippen LogP) is 5.55. The van der Waals surface area contributed by atoms with E-state index in [2.05, 4.69) is 25.9 Å². The van der Waals surface area contributed by atoms with Gasteiger partial charge in [0.2, 0.25) is 0 Å². The van der Waals surface area contributed by atoms with Gasteiger partial charge in [0, 0.05) is 31.3 Å². The van der Waals surface area contributed by atoms with Crippen LogP contribution in [0.5, 0.6) is 0 Å². The second-order valence-electron chi connectivity index (χ2n) is 7.52. The Morgan fingerprint density at radius 2 is 2.03 bits per heavy atom. The second kappa shape index (κ2) is 7.98. The third-order valence-corrected chi connectivity index (χ3v) is 6.61. The molecule has 3 aromatic rings. The zero-order valence-electron chi connectivity index (χ0n) is 16.0. The summed E-state index contributed by atoms with van der Waals surface area (Å²) >= 11 is 9.45. The minimum atomic E-state index is -4.74. The monoisotopic (exact) mass is 516 g/mol. The maximum Gasteiger partial charge on any atom is 0.412 e. The van der Waals surface area contributed by atoms with Gasteiger partial charge in [-0.15, -0.1) is 0 Å². The van der Waals surface area contributed by atoms with Crippen molar-refractivity contribution in [3.05, 3.63) is 63.9 Å². The summed E-state index contributed by atoms with van der Waals surface area (Å²) in [5.41, 5.74) is -1.60. The summed E-state index contributed by atoms with van der Waals surface area (Å²) in [6.45, 7) is -0.340. The first-order valence-electron chi connectivity index (χ1n) is 9.43. The Bertz CT molecular complexity index is 1120. The number of halogens is 5. The van der Waals surface area contributed by atoms with E-state index >= 15 is 0 Å². The van der Waals surface area contributed by atoms with Crippen molar-refractivity contribution in [3.8, 4) is 0 Å². The second-order valence-corrected chi connectivity index (χ2v) is 8.63. The van der Waals surface area contributed by atoms with E-state index in [1.807, 2.05) is 0 Å². The molecule has 31 heavy (non-hydrogen) atoms. The number of fused-ring (bicyclic) bond motifs is 1. The lowest BCUT2D eigenvalue weighted by Crippen LogP contribution is -2.65. The van der Waals surface area contributed by atoms with Crippen LogP contribution in [-0.2, 0) is 6.42 Å². The van der Waals surface area contributed by atoms with Crippen LogP contribution in [0.2, 0.25) is 5.15 Å². The molecular formula is C20H17BrClF3N4O2. The molecule has 1 saturated heterocycles. The normalized spacial score (nSPS) is 22.1. The quantitative estimate of drug-likeness (QED) is 0.495. The number of carbonyl (C=O) groups is 1. The van der Waals surface area contributed by atoms with Crippen molar-refractivity contribution in [2.45, 2.75) is 36.9 Å². The van der Waals surface area contributed by atoms with E-state index in [0.29, 0.717) is 26.4 Å². The van der Waals surface area contributed by atoms with E-state index in [9.17, 15) is 23.1 Å². The van der Waals surface area contributed by atoms with Crippen LogP contribution in [0.1, 0.15) is 30.1 Å². The molecule has 0 saturated carbocycles. The number of hydrogen-bond donors (Lipinski definition) is 1. The fourth-order valence-corrected chi connectivity index (χ4v) is 5.20. The summed E-state index contributed by atoms with van der Waals surface area (Å²) in [5, 5.41) is 9.99. The molecule has 1 aliphatic rings. The van der Waals surface area contributed by atoms with Crippen LogP contribution < -0.4 is 0 Å². The Hall–Kier alpha value is -2.33. The van der Waals surface area contributed by atoms with Gasteiger partial charge in [-0.2, -0.15) is 13.2 Å². The van der Waals surface area contributed by atoms with Crippen LogP contribution in [0.3, 0.4) is 0 Å². The minimum Gasteiger partial charge on any atom is -0.465 e. The maximum atomic E-state index is 14.4. The average molecular weight is 518 g/mol. The van der Waals surface area contributed by atoms with Gasteiger partial charge in [-0.1, -0.05) is 41.9 Å². The molecule has 1 N–H and O–H groups in total. The summed E-state index contributed by atoms with van der Waals surface area (Å²) < 4.78 is 45.2. The number of aromatic nitrogens is 3. The van der Waals surface area contributed by atoms with Crippen LogP contribution in [0.25, 0.3) is 5.52 Å². The lowest BCUT2D eigenvalue weighted by Gasteiger charge is -2.48. The molecule has 2 atom stereocenters. The van der Waals surface area contributed by atoms with Gasteiger partial charge < -0.3 is 5.11 Å². The van der Waals surface area contributed by atoms with E-state index < -0.39 is 30.1 Å². The molecule has 0 bridgehead atoms. The first-order chi connectivity index (χ1) is 14.6. The van der Waals surface area contributed by atoms with Crippen molar-refractivity contribution in [2.75, 3.05) is 6.54 Å². The molecule has 0 radical (unpaired) electrons. The number of benzene rings is 1. The topological polar surface area (TPSA) is 70.7 Å². The van der Waals surface area contributed by atoms with Crippen LogP contribution in [0.4, 0.5) is 18.0 Å². The first kappa shape index (κ1) is 21.9. The fraction of sp³-hybridized carbons (Fsp3) is 0.350. The summed E-state index contributed by atoms with van der Waals surface area (Å²) in [5.74, 6) is -0.104. The largest absolute Gasteiger partial charge is 0.465 e. The number of piperidine rings is 1. The molecule has 1 aromatic carbocycles. The number of hydrogen-bond acceptors (Lipinski definition) is 3. The highest BCUT2D eigenvalue weighted by Crippen LogP contribution is 2.47. The smallest absolute Gasteiger partial charge is 0.412 e. The number of rotatable bonds is 3. The molecule has 1 amide bonds. The fourth-order valence-electron chi connectivity index (χ4n) is 4.29. The van der Waals surface area contributed by atoms with Crippen LogP contribution >= 0.6 is 27.5 Å². The van der Waals surface area contributed by atoms with Crippen molar-refractivity contribution in [2.24, 2.45) is 0 Å². The van der Waals surface area contributed by atoms with Gasteiger partial charge in [0.25, 0.3) is 0 Å². The molecule has 2 aromatic heterocycles. The molecule has 2 unspecified atom stereocenters. The third kappa shape index (κ3) is 3.76. The number of alkyl halides is 3.